The molecule has 0 saturated carbocycles. The van der Waals surface area contributed by atoms with Crippen LogP contribution < -0.4 is 10.5 Å². The summed E-state index contributed by atoms with van der Waals surface area (Å²) in [5.74, 6) is 0.934. The van der Waals surface area contributed by atoms with Crippen LogP contribution in [0.15, 0.2) is 24.3 Å². The molecule has 0 heterocycles. The number of likely N-dealkylation sites (N-methyl/N-ethyl adjacent to an activating group) is 1. The molecule has 0 fully saturated rings. The van der Waals surface area contributed by atoms with Gasteiger partial charge in [0, 0.05) is 12.1 Å². The van der Waals surface area contributed by atoms with E-state index in [4.69, 9.17) is 10.5 Å². The van der Waals surface area contributed by atoms with Crippen molar-refractivity contribution in [1.29, 1.82) is 0 Å². The summed E-state index contributed by atoms with van der Waals surface area (Å²) in [5.41, 5.74) is 6.93. The van der Waals surface area contributed by atoms with Crippen LogP contribution in [0.3, 0.4) is 0 Å². The predicted molar refractivity (Wildman–Crippen MR) is 63.1 cm³/mol. The summed E-state index contributed by atoms with van der Waals surface area (Å²) in [4.78, 5) is 2.11. The summed E-state index contributed by atoms with van der Waals surface area (Å²) in [6.45, 7) is 3.27. The fraction of sp³-hybridized carbons (Fsp3) is 0.500. The number of nitrogens with zero attached hydrogens (tertiary/aromatic N) is 1. The first kappa shape index (κ1) is 12.0. The van der Waals surface area contributed by atoms with Crippen LogP contribution >= 0.6 is 0 Å². The van der Waals surface area contributed by atoms with E-state index in [0.29, 0.717) is 13.2 Å². The monoisotopic (exact) mass is 208 g/mol. The highest BCUT2D eigenvalue weighted by Crippen LogP contribution is 2.27. The van der Waals surface area contributed by atoms with Gasteiger partial charge in [0.05, 0.1) is 12.6 Å². The van der Waals surface area contributed by atoms with Gasteiger partial charge in [-0.25, -0.2) is 0 Å². The lowest BCUT2D eigenvalue weighted by atomic mass is 10.1. The minimum atomic E-state index is 0.216. The van der Waals surface area contributed by atoms with Crippen molar-refractivity contribution in [3.8, 4) is 5.75 Å². The smallest absolute Gasteiger partial charge is 0.124 e. The zero-order valence-electron chi connectivity index (χ0n) is 9.73. The van der Waals surface area contributed by atoms with Crippen molar-refractivity contribution in [1.82, 2.24) is 4.90 Å². The molecule has 0 radical (unpaired) electrons. The Kier molecular flexibility index (Phi) is 4.59. The standard InChI is InChI=1S/C12H20N2O/c1-4-15-12-8-6-5-7-10(12)11(9-13)14(2)3/h5-8,11H,4,9,13H2,1-3H3/t11-/m1/s1. The molecule has 0 aliphatic rings. The first-order chi connectivity index (χ1) is 7.20. The quantitative estimate of drug-likeness (QED) is 0.799. The van der Waals surface area contributed by atoms with Crippen LogP contribution in [-0.2, 0) is 0 Å². The number of rotatable bonds is 5. The summed E-state index contributed by atoms with van der Waals surface area (Å²) in [5, 5.41) is 0. The third kappa shape index (κ3) is 2.94. The van der Waals surface area contributed by atoms with E-state index in [9.17, 15) is 0 Å². The first-order valence-electron chi connectivity index (χ1n) is 5.29. The minimum absolute atomic E-state index is 0.216. The fourth-order valence-electron chi connectivity index (χ4n) is 1.66. The maximum atomic E-state index is 5.77. The van der Waals surface area contributed by atoms with Crippen molar-refractivity contribution in [3.63, 3.8) is 0 Å². The molecule has 2 N–H and O–H groups in total. The molecule has 0 spiro atoms. The predicted octanol–water partition coefficient (Wildman–Crippen LogP) is 1.65. The molecule has 0 bridgehead atoms. The van der Waals surface area contributed by atoms with E-state index in [2.05, 4.69) is 11.0 Å². The molecular weight excluding hydrogens is 188 g/mol. The number of para-hydroxylation sites is 1. The normalized spacial score (nSPS) is 12.9. The number of hydrogen-bond donors (Lipinski definition) is 1. The number of nitrogens with two attached hydrogens (primary N) is 1. The molecule has 3 heteroatoms. The van der Waals surface area contributed by atoms with E-state index in [1.807, 2.05) is 39.2 Å². The lowest BCUT2D eigenvalue weighted by molar-refractivity contribution is 0.283. The highest BCUT2D eigenvalue weighted by Gasteiger charge is 2.15. The molecule has 0 amide bonds. The van der Waals surface area contributed by atoms with Gasteiger partial charge in [-0.05, 0) is 27.1 Å². The van der Waals surface area contributed by atoms with Crippen LogP contribution in [0.4, 0.5) is 0 Å². The van der Waals surface area contributed by atoms with Crippen molar-refractivity contribution in [3.05, 3.63) is 29.8 Å². The number of benzene rings is 1. The van der Waals surface area contributed by atoms with Crippen LogP contribution in [0.2, 0.25) is 0 Å². The van der Waals surface area contributed by atoms with Gasteiger partial charge in [0.25, 0.3) is 0 Å². The topological polar surface area (TPSA) is 38.5 Å². The molecular formula is C12H20N2O. The van der Waals surface area contributed by atoms with Crippen LogP contribution in [0.5, 0.6) is 5.75 Å². The Morgan fingerprint density at radius 3 is 2.53 bits per heavy atom. The highest BCUT2D eigenvalue weighted by atomic mass is 16.5. The van der Waals surface area contributed by atoms with Crippen molar-refractivity contribution in [2.24, 2.45) is 5.73 Å². The van der Waals surface area contributed by atoms with E-state index in [1.54, 1.807) is 0 Å². The number of hydrogen-bond acceptors (Lipinski definition) is 3. The average molecular weight is 208 g/mol. The van der Waals surface area contributed by atoms with Gasteiger partial charge in [0.1, 0.15) is 5.75 Å². The van der Waals surface area contributed by atoms with Crippen molar-refractivity contribution in [2.75, 3.05) is 27.2 Å². The van der Waals surface area contributed by atoms with E-state index in [-0.39, 0.29) is 6.04 Å². The van der Waals surface area contributed by atoms with Crippen LogP contribution in [0, 0.1) is 0 Å². The second-order valence-electron chi connectivity index (χ2n) is 3.69. The Bertz CT molecular complexity index is 299. The van der Waals surface area contributed by atoms with Gasteiger partial charge in [-0.15, -0.1) is 0 Å². The molecule has 3 nitrogen and oxygen atoms in total. The van der Waals surface area contributed by atoms with E-state index >= 15 is 0 Å². The van der Waals surface area contributed by atoms with Crippen molar-refractivity contribution >= 4 is 0 Å². The zero-order valence-corrected chi connectivity index (χ0v) is 9.73. The van der Waals surface area contributed by atoms with Crippen LogP contribution in [-0.4, -0.2) is 32.1 Å². The van der Waals surface area contributed by atoms with Crippen molar-refractivity contribution < 1.29 is 4.74 Å². The highest BCUT2D eigenvalue weighted by molar-refractivity contribution is 5.36. The zero-order chi connectivity index (χ0) is 11.3. The van der Waals surface area contributed by atoms with Crippen LogP contribution in [0.1, 0.15) is 18.5 Å². The van der Waals surface area contributed by atoms with Gasteiger partial charge < -0.3 is 15.4 Å². The molecule has 0 aliphatic carbocycles. The lowest BCUT2D eigenvalue weighted by Crippen LogP contribution is -2.27. The molecule has 1 atom stereocenters. The maximum absolute atomic E-state index is 5.77. The summed E-state index contributed by atoms with van der Waals surface area (Å²) < 4.78 is 5.59. The summed E-state index contributed by atoms with van der Waals surface area (Å²) in [6, 6.07) is 8.28. The van der Waals surface area contributed by atoms with Crippen LogP contribution in [0.25, 0.3) is 0 Å². The first-order valence-corrected chi connectivity index (χ1v) is 5.29. The van der Waals surface area contributed by atoms with Gasteiger partial charge >= 0.3 is 0 Å². The second kappa shape index (κ2) is 5.73. The Morgan fingerprint density at radius 1 is 1.33 bits per heavy atom. The third-order valence-electron chi connectivity index (χ3n) is 2.42. The Labute approximate surface area is 91.8 Å². The Balaban J connectivity index is 2.99. The fourth-order valence-corrected chi connectivity index (χ4v) is 1.66. The molecule has 0 unspecified atom stereocenters. The van der Waals surface area contributed by atoms with Gasteiger partial charge in [-0.1, -0.05) is 18.2 Å². The summed E-state index contributed by atoms with van der Waals surface area (Å²) >= 11 is 0. The average Bonchev–Trinajstić information content (AvgIpc) is 2.21. The third-order valence-corrected chi connectivity index (χ3v) is 2.42. The number of ether oxygens (including phenoxy) is 1. The van der Waals surface area contributed by atoms with Gasteiger partial charge in [0.2, 0.25) is 0 Å². The Morgan fingerprint density at radius 2 is 2.00 bits per heavy atom. The van der Waals surface area contributed by atoms with E-state index in [0.717, 1.165) is 11.3 Å². The SMILES string of the molecule is CCOc1ccccc1[C@@H](CN)N(C)C. The molecule has 1 rings (SSSR count). The summed E-state index contributed by atoms with van der Waals surface area (Å²) in [6.07, 6.45) is 0. The molecule has 0 aromatic heterocycles. The molecule has 0 aliphatic heterocycles. The molecule has 84 valence electrons. The molecule has 0 saturated heterocycles. The van der Waals surface area contributed by atoms with E-state index in [1.165, 1.54) is 0 Å². The Hall–Kier alpha value is -1.06. The van der Waals surface area contributed by atoms with Gasteiger partial charge in [0.15, 0.2) is 0 Å². The van der Waals surface area contributed by atoms with Gasteiger partial charge in [-0.2, -0.15) is 0 Å². The lowest BCUT2D eigenvalue weighted by Gasteiger charge is -2.25. The maximum Gasteiger partial charge on any atom is 0.124 e. The second-order valence-corrected chi connectivity index (χ2v) is 3.69. The minimum Gasteiger partial charge on any atom is -0.494 e. The molecule has 15 heavy (non-hydrogen) atoms. The molecule has 1 aromatic carbocycles. The van der Waals surface area contributed by atoms with Crippen molar-refractivity contribution in [2.45, 2.75) is 13.0 Å². The molecule has 1 aromatic rings. The van der Waals surface area contributed by atoms with E-state index < -0.39 is 0 Å². The largest absolute Gasteiger partial charge is 0.494 e. The summed E-state index contributed by atoms with van der Waals surface area (Å²) in [7, 11) is 4.06. The van der Waals surface area contributed by atoms with Gasteiger partial charge in [-0.3, -0.25) is 0 Å².